The van der Waals surface area contributed by atoms with E-state index in [1.807, 2.05) is 0 Å². The van der Waals surface area contributed by atoms with Crippen LogP contribution in [-0.4, -0.2) is 25.3 Å². The van der Waals surface area contributed by atoms with Crippen molar-refractivity contribution in [3.05, 3.63) is 11.3 Å². The van der Waals surface area contributed by atoms with Gasteiger partial charge in [-0.25, -0.2) is 9.36 Å². The Kier molecular flexibility index (Phi) is 12.1. The molecule has 0 aromatic heterocycles. The summed E-state index contributed by atoms with van der Waals surface area (Å²) in [5.41, 5.74) is 0.549. The van der Waals surface area contributed by atoms with E-state index in [9.17, 15) is 9.36 Å². The molecule has 6 heteroatoms. The SMILES string of the molecule is CCCCCCCCCCCCCCCCO[P@]1(=O)CC[C@H]2COC(=O)C2=C(C)O1. The smallest absolute Gasteiger partial charge is 0.378 e. The summed E-state index contributed by atoms with van der Waals surface area (Å²) in [7, 11) is -3.15. The number of unbranched alkanes of at least 4 members (excludes halogenated alkanes) is 13. The van der Waals surface area contributed by atoms with Gasteiger partial charge in [0.25, 0.3) is 0 Å². The van der Waals surface area contributed by atoms with E-state index in [1.165, 1.54) is 77.0 Å². The molecule has 0 aromatic rings. The minimum Gasteiger partial charge on any atom is -0.462 e. The zero-order valence-corrected chi connectivity index (χ0v) is 20.2. The van der Waals surface area contributed by atoms with Crippen LogP contribution in [0, 0.1) is 5.92 Å². The summed E-state index contributed by atoms with van der Waals surface area (Å²) in [5, 5.41) is 0. The van der Waals surface area contributed by atoms with Crippen molar-refractivity contribution in [2.24, 2.45) is 5.92 Å². The van der Waals surface area contributed by atoms with Gasteiger partial charge >= 0.3 is 13.6 Å². The lowest BCUT2D eigenvalue weighted by Crippen LogP contribution is -2.05. The molecular formula is C24H43O5P. The summed E-state index contributed by atoms with van der Waals surface area (Å²) < 4.78 is 29.3. The zero-order chi connectivity index (χ0) is 21.7. The molecule has 2 atom stereocenters. The highest BCUT2D eigenvalue weighted by molar-refractivity contribution is 7.54. The number of hydrogen-bond acceptors (Lipinski definition) is 5. The van der Waals surface area contributed by atoms with Crippen LogP contribution in [0.15, 0.2) is 11.3 Å². The van der Waals surface area contributed by atoms with Crippen LogP contribution in [0.25, 0.3) is 0 Å². The largest absolute Gasteiger partial charge is 0.462 e. The third-order valence-corrected chi connectivity index (χ3v) is 8.17. The summed E-state index contributed by atoms with van der Waals surface area (Å²) >= 11 is 0. The molecule has 0 unspecified atom stereocenters. The third-order valence-electron chi connectivity index (χ3n) is 6.24. The minimum atomic E-state index is -3.15. The number of allylic oxidation sites excluding steroid dienone is 1. The van der Waals surface area contributed by atoms with Crippen LogP contribution in [0.1, 0.15) is 110 Å². The van der Waals surface area contributed by atoms with Gasteiger partial charge in [-0.1, -0.05) is 90.4 Å². The average molecular weight is 443 g/mol. The van der Waals surface area contributed by atoms with Gasteiger partial charge in [0.15, 0.2) is 0 Å². The normalized spacial score (nSPS) is 23.8. The van der Waals surface area contributed by atoms with E-state index in [2.05, 4.69) is 6.92 Å². The van der Waals surface area contributed by atoms with E-state index >= 15 is 0 Å². The Bertz CT molecular complexity index is 586. The van der Waals surface area contributed by atoms with Crippen molar-refractivity contribution in [1.82, 2.24) is 0 Å². The number of carbonyl (C=O) groups excluding carboxylic acids is 1. The molecule has 0 N–H and O–H groups in total. The average Bonchev–Trinajstić information content (AvgIpc) is 3.04. The minimum absolute atomic E-state index is 0.00187. The maximum Gasteiger partial charge on any atom is 0.378 e. The van der Waals surface area contributed by atoms with Gasteiger partial charge in [0.2, 0.25) is 0 Å². The van der Waals surface area contributed by atoms with Crippen LogP contribution in [-0.2, 0) is 23.1 Å². The maximum atomic E-state index is 12.9. The fraction of sp³-hybridized carbons (Fsp3) is 0.875. The van der Waals surface area contributed by atoms with E-state index < -0.39 is 7.60 Å². The lowest BCUT2D eigenvalue weighted by atomic mass is 9.99. The van der Waals surface area contributed by atoms with E-state index in [1.54, 1.807) is 6.92 Å². The summed E-state index contributed by atoms with van der Waals surface area (Å²) in [5.74, 6) is 0.0835. The zero-order valence-electron chi connectivity index (χ0n) is 19.3. The molecular weight excluding hydrogens is 399 g/mol. The Morgan fingerprint density at radius 2 is 1.43 bits per heavy atom. The molecule has 0 aliphatic carbocycles. The quantitative estimate of drug-likeness (QED) is 0.140. The topological polar surface area (TPSA) is 61.8 Å². The molecule has 2 aliphatic heterocycles. The summed E-state index contributed by atoms with van der Waals surface area (Å²) in [6.07, 6.45) is 19.3. The monoisotopic (exact) mass is 442 g/mol. The Balaban J connectivity index is 1.45. The van der Waals surface area contributed by atoms with Crippen LogP contribution < -0.4 is 0 Å². The number of rotatable bonds is 16. The van der Waals surface area contributed by atoms with Crippen LogP contribution in [0.2, 0.25) is 0 Å². The van der Waals surface area contributed by atoms with Gasteiger partial charge in [-0.2, -0.15) is 0 Å². The number of cyclic esters (lactones) is 1. The summed E-state index contributed by atoms with van der Waals surface area (Å²) in [6.45, 7) is 4.80. The van der Waals surface area contributed by atoms with Crippen LogP contribution in [0.5, 0.6) is 0 Å². The molecule has 5 nitrogen and oxygen atoms in total. The lowest BCUT2D eigenvalue weighted by molar-refractivity contribution is -0.135. The number of fused-ring (bicyclic) bond motifs is 1. The molecule has 2 rings (SSSR count). The molecule has 2 heterocycles. The molecule has 174 valence electrons. The van der Waals surface area contributed by atoms with Gasteiger partial charge in [0.1, 0.15) is 5.76 Å². The van der Waals surface area contributed by atoms with Gasteiger partial charge in [-0.05, 0) is 19.8 Å². The van der Waals surface area contributed by atoms with Crippen LogP contribution in [0.3, 0.4) is 0 Å². The molecule has 0 spiro atoms. The molecule has 2 aliphatic rings. The molecule has 0 aromatic carbocycles. The number of esters is 1. The van der Waals surface area contributed by atoms with E-state index in [0.717, 1.165) is 12.8 Å². The van der Waals surface area contributed by atoms with Gasteiger partial charge in [0.05, 0.1) is 24.9 Å². The standard InChI is InChI=1S/C24H43O5P/c1-3-4-5-6-7-8-9-10-11-12-13-14-15-16-18-28-30(26)19-17-22-20-27-24(25)23(22)21(2)29-30/h22H,3-20H2,1-2H3/t22-,30+/m0/s1. The van der Waals surface area contributed by atoms with Crippen molar-refractivity contribution in [2.75, 3.05) is 19.4 Å². The van der Waals surface area contributed by atoms with E-state index in [-0.39, 0.29) is 11.9 Å². The highest BCUT2D eigenvalue weighted by Gasteiger charge is 2.40. The van der Waals surface area contributed by atoms with Crippen molar-refractivity contribution in [1.29, 1.82) is 0 Å². The van der Waals surface area contributed by atoms with Crippen molar-refractivity contribution < 1.29 is 23.1 Å². The maximum absolute atomic E-state index is 12.9. The summed E-state index contributed by atoms with van der Waals surface area (Å²) in [4.78, 5) is 11.8. The van der Waals surface area contributed by atoms with Crippen molar-refractivity contribution >= 4 is 13.6 Å². The lowest BCUT2D eigenvalue weighted by Gasteiger charge is -2.18. The Labute approximate surface area is 183 Å². The van der Waals surface area contributed by atoms with E-state index in [0.29, 0.717) is 37.1 Å². The van der Waals surface area contributed by atoms with Gasteiger partial charge in [0, 0.05) is 5.92 Å². The van der Waals surface area contributed by atoms with E-state index in [4.69, 9.17) is 13.8 Å². The molecule has 0 saturated carbocycles. The molecule has 1 saturated heterocycles. The number of hydrogen-bond donors (Lipinski definition) is 0. The van der Waals surface area contributed by atoms with Crippen LogP contribution >= 0.6 is 7.60 Å². The molecule has 30 heavy (non-hydrogen) atoms. The fourth-order valence-corrected chi connectivity index (χ4v) is 6.20. The van der Waals surface area contributed by atoms with Crippen molar-refractivity contribution in [3.8, 4) is 0 Å². The second-order valence-electron chi connectivity index (χ2n) is 8.91. The van der Waals surface area contributed by atoms with Crippen molar-refractivity contribution in [2.45, 2.75) is 110 Å². The Morgan fingerprint density at radius 3 is 2.00 bits per heavy atom. The molecule has 0 amide bonds. The molecule has 1 fully saturated rings. The molecule has 0 radical (unpaired) electrons. The van der Waals surface area contributed by atoms with Gasteiger partial charge in [-0.3, -0.25) is 4.52 Å². The second kappa shape index (κ2) is 14.3. The predicted octanol–water partition coefficient (Wildman–Crippen LogP) is 7.54. The van der Waals surface area contributed by atoms with Gasteiger partial charge in [-0.15, -0.1) is 0 Å². The van der Waals surface area contributed by atoms with Crippen LogP contribution in [0.4, 0.5) is 0 Å². The number of carbonyl (C=O) groups is 1. The van der Waals surface area contributed by atoms with Gasteiger partial charge < -0.3 is 9.26 Å². The summed E-state index contributed by atoms with van der Waals surface area (Å²) in [6, 6.07) is 0. The fourth-order valence-electron chi connectivity index (χ4n) is 4.37. The Hall–Kier alpha value is -0.800. The first-order chi connectivity index (χ1) is 14.6. The molecule has 0 bridgehead atoms. The number of ether oxygens (including phenoxy) is 1. The first-order valence-electron chi connectivity index (χ1n) is 12.4. The first kappa shape index (κ1) is 25.5. The second-order valence-corrected chi connectivity index (χ2v) is 11.0. The Morgan fingerprint density at radius 1 is 0.900 bits per heavy atom. The predicted molar refractivity (Wildman–Crippen MR) is 122 cm³/mol. The van der Waals surface area contributed by atoms with Crippen molar-refractivity contribution in [3.63, 3.8) is 0 Å². The highest BCUT2D eigenvalue weighted by atomic mass is 31.2. The first-order valence-corrected chi connectivity index (χ1v) is 14.1. The highest BCUT2D eigenvalue weighted by Crippen LogP contribution is 2.55. The third kappa shape index (κ3) is 9.14.